The van der Waals surface area contributed by atoms with Crippen molar-refractivity contribution in [1.82, 2.24) is 20.1 Å². The number of nitro groups is 1. The highest BCUT2D eigenvalue weighted by Gasteiger charge is 2.22. The lowest BCUT2D eigenvalue weighted by Crippen LogP contribution is -2.29. The average molecular weight is 492 g/mol. The highest BCUT2D eigenvalue weighted by atomic mass is 32.2. The van der Waals surface area contributed by atoms with Crippen molar-refractivity contribution in [1.29, 1.82) is 0 Å². The van der Waals surface area contributed by atoms with Gasteiger partial charge >= 0.3 is 0 Å². The summed E-state index contributed by atoms with van der Waals surface area (Å²) in [6.45, 7) is 1.81. The van der Waals surface area contributed by atoms with Gasteiger partial charge in [-0.05, 0) is 42.3 Å². The Morgan fingerprint density at radius 1 is 1.03 bits per heavy atom. The molecule has 0 bridgehead atoms. The van der Waals surface area contributed by atoms with Crippen LogP contribution in [0, 0.1) is 15.9 Å². The second-order valence-electron chi connectivity index (χ2n) is 7.82. The van der Waals surface area contributed by atoms with E-state index in [1.165, 1.54) is 36.0 Å². The van der Waals surface area contributed by atoms with Gasteiger partial charge in [0.05, 0.1) is 17.4 Å². The molecule has 1 atom stereocenters. The number of benzene rings is 3. The van der Waals surface area contributed by atoms with Gasteiger partial charge in [0.25, 0.3) is 5.69 Å². The third kappa shape index (κ3) is 6.10. The zero-order valence-electron chi connectivity index (χ0n) is 18.8. The quantitative estimate of drug-likeness (QED) is 0.200. The number of hydrogen-bond acceptors (Lipinski definition) is 6. The van der Waals surface area contributed by atoms with Crippen LogP contribution in [0.5, 0.6) is 0 Å². The van der Waals surface area contributed by atoms with E-state index >= 15 is 0 Å². The van der Waals surface area contributed by atoms with E-state index in [0.717, 1.165) is 11.1 Å². The molecule has 0 aliphatic heterocycles. The second kappa shape index (κ2) is 10.9. The number of nitrogens with one attached hydrogen (secondary N) is 1. The number of rotatable bonds is 9. The standard InChI is InChI=1S/C25H22FN5O3S/c1-17(27-23(32)15-18-5-3-2-4-6-18)24-28-29-25(35-16-19-7-9-20(26)10-8-19)30(24)21-11-13-22(14-12-21)31(33)34/h2-14,17H,15-16H2,1H3,(H,27,32). The van der Waals surface area contributed by atoms with Gasteiger partial charge in [0.15, 0.2) is 11.0 Å². The number of thioether (sulfide) groups is 1. The van der Waals surface area contributed by atoms with Gasteiger partial charge in [0.1, 0.15) is 5.82 Å². The fourth-order valence-electron chi connectivity index (χ4n) is 3.49. The van der Waals surface area contributed by atoms with E-state index in [9.17, 15) is 19.3 Å². The molecule has 4 rings (SSSR count). The average Bonchev–Trinajstić information content (AvgIpc) is 3.28. The smallest absolute Gasteiger partial charge is 0.269 e. The lowest BCUT2D eigenvalue weighted by molar-refractivity contribution is -0.384. The number of nitro benzene ring substituents is 1. The Kier molecular flexibility index (Phi) is 7.51. The summed E-state index contributed by atoms with van der Waals surface area (Å²) in [5.41, 5.74) is 2.39. The van der Waals surface area contributed by atoms with Gasteiger partial charge in [-0.25, -0.2) is 4.39 Å². The van der Waals surface area contributed by atoms with E-state index in [4.69, 9.17) is 0 Å². The summed E-state index contributed by atoms with van der Waals surface area (Å²) < 4.78 is 15.0. The molecular formula is C25H22FN5O3S. The van der Waals surface area contributed by atoms with Crippen LogP contribution in [0.2, 0.25) is 0 Å². The number of amides is 1. The summed E-state index contributed by atoms with van der Waals surface area (Å²) in [5.74, 6) is 0.527. The number of non-ortho nitro benzene ring substituents is 1. The summed E-state index contributed by atoms with van der Waals surface area (Å²) in [7, 11) is 0. The maximum atomic E-state index is 13.2. The summed E-state index contributed by atoms with van der Waals surface area (Å²) in [6, 6.07) is 21.2. The second-order valence-corrected chi connectivity index (χ2v) is 8.76. The SMILES string of the molecule is CC(NC(=O)Cc1ccccc1)c1nnc(SCc2ccc(F)cc2)n1-c1ccc([N+](=O)[O-])cc1. The largest absolute Gasteiger partial charge is 0.346 e. The van der Waals surface area contributed by atoms with Crippen LogP contribution in [0.15, 0.2) is 84.0 Å². The maximum Gasteiger partial charge on any atom is 0.269 e. The molecule has 3 aromatic carbocycles. The molecule has 0 radical (unpaired) electrons. The van der Waals surface area contributed by atoms with Crippen molar-refractivity contribution in [3.63, 3.8) is 0 Å². The fraction of sp³-hybridized carbons (Fsp3) is 0.160. The van der Waals surface area contributed by atoms with E-state index in [2.05, 4.69) is 15.5 Å². The number of nitrogens with zero attached hydrogens (tertiary/aromatic N) is 4. The van der Waals surface area contributed by atoms with Crippen LogP contribution >= 0.6 is 11.8 Å². The normalized spacial score (nSPS) is 11.7. The minimum Gasteiger partial charge on any atom is -0.346 e. The lowest BCUT2D eigenvalue weighted by Gasteiger charge is -2.16. The lowest BCUT2D eigenvalue weighted by atomic mass is 10.1. The van der Waals surface area contributed by atoms with Crippen LogP contribution in [0.25, 0.3) is 5.69 Å². The molecule has 0 spiro atoms. The Hall–Kier alpha value is -4.05. The predicted octanol–water partition coefficient (Wildman–Crippen LogP) is 5.03. The number of carbonyl (C=O) groups excluding carboxylic acids is 1. The first kappa shape index (κ1) is 24.1. The van der Waals surface area contributed by atoms with Crippen LogP contribution in [0.4, 0.5) is 10.1 Å². The summed E-state index contributed by atoms with van der Waals surface area (Å²) in [6.07, 6.45) is 0.225. The molecule has 0 saturated heterocycles. The van der Waals surface area contributed by atoms with Crippen LogP contribution in [-0.4, -0.2) is 25.6 Å². The molecule has 8 nitrogen and oxygen atoms in total. The van der Waals surface area contributed by atoms with Crippen molar-refractivity contribution in [2.45, 2.75) is 30.3 Å². The van der Waals surface area contributed by atoms with Gasteiger partial charge < -0.3 is 5.32 Å². The zero-order chi connectivity index (χ0) is 24.8. The van der Waals surface area contributed by atoms with E-state index in [1.54, 1.807) is 28.8 Å². The molecule has 35 heavy (non-hydrogen) atoms. The predicted molar refractivity (Wildman–Crippen MR) is 131 cm³/mol. The summed E-state index contributed by atoms with van der Waals surface area (Å²) in [5, 5.41) is 23.2. The summed E-state index contributed by atoms with van der Waals surface area (Å²) in [4.78, 5) is 23.3. The van der Waals surface area contributed by atoms with Crippen LogP contribution in [0.1, 0.15) is 29.9 Å². The van der Waals surface area contributed by atoms with Crippen molar-refractivity contribution in [3.05, 3.63) is 112 Å². The van der Waals surface area contributed by atoms with Crippen molar-refractivity contribution < 1.29 is 14.1 Å². The Bertz CT molecular complexity index is 1310. The van der Waals surface area contributed by atoms with Crippen molar-refractivity contribution in [2.24, 2.45) is 0 Å². The number of halogens is 1. The molecule has 1 amide bonds. The fourth-order valence-corrected chi connectivity index (χ4v) is 4.40. The Morgan fingerprint density at radius 3 is 2.37 bits per heavy atom. The number of hydrogen-bond donors (Lipinski definition) is 1. The molecule has 0 saturated carbocycles. The van der Waals surface area contributed by atoms with E-state index in [1.807, 2.05) is 37.3 Å². The van der Waals surface area contributed by atoms with Crippen LogP contribution in [0.3, 0.4) is 0 Å². The van der Waals surface area contributed by atoms with E-state index in [0.29, 0.717) is 22.4 Å². The van der Waals surface area contributed by atoms with Gasteiger partial charge in [-0.15, -0.1) is 10.2 Å². The molecular weight excluding hydrogens is 469 g/mol. The Morgan fingerprint density at radius 2 is 1.71 bits per heavy atom. The molecule has 0 fully saturated rings. The molecule has 1 unspecified atom stereocenters. The topological polar surface area (TPSA) is 103 Å². The van der Waals surface area contributed by atoms with Gasteiger partial charge in [0.2, 0.25) is 5.91 Å². The third-order valence-corrected chi connectivity index (χ3v) is 6.23. The molecule has 1 N–H and O–H groups in total. The molecule has 10 heteroatoms. The molecule has 0 aliphatic carbocycles. The molecule has 0 aliphatic rings. The highest BCUT2D eigenvalue weighted by Crippen LogP contribution is 2.28. The number of carbonyl (C=O) groups is 1. The summed E-state index contributed by atoms with van der Waals surface area (Å²) >= 11 is 1.39. The number of aromatic nitrogens is 3. The van der Waals surface area contributed by atoms with Crippen molar-refractivity contribution >= 4 is 23.4 Å². The monoisotopic (exact) mass is 491 g/mol. The molecule has 178 valence electrons. The van der Waals surface area contributed by atoms with E-state index < -0.39 is 11.0 Å². The van der Waals surface area contributed by atoms with Gasteiger partial charge in [-0.3, -0.25) is 19.5 Å². The third-order valence-electron chi connectivity index (χ3n) is 5.23. The Balaban J connectivity index is 1.59. The minimum atomic E-state index is -0.478. The first-order chi connectivity index (χ1) is 16.9. The van der Waals surface area contributed by atoms with Gasteiger partial charge in [-0.1, -0.05) is 54.2 Å². The molecule has 4 aromatic rings. The van der Waals surface area contributed by atoms with Crippen LogP contribution < -0.4 is 5.32 Å². The first-order valence-corrected chi connectivity index (χ1v) is 11.8. The zero-order valence-corrected chi connectivity index (χ0v) is 19.6. The van der Waals surface area contributed by atoms with Gasteiger partial charge in [0, 0.05) is 23.6 Å². The van der Waals surface area contributed by atoms with Crippen molar-refractivity contribution in [2.75, 3.05) is 0 Å². The maximum absolute atomic E-state index is 13.2. The Labute approximate surface area is 205 Å². The van der Waals surface area contributed by atoms with E-state index in [-0.39, 0.29) is 23.8 Å². The first-order valence-electron chi connectivity index (χ1n) is 10.8. The molecule has 1 aromatic heterocycles. The highest BCUT2D eigenvalue weighted by molar-refractivity contribution is 7.98. The van der Waals surface area contributed by atoms with Crippen LogP contribution in [-0.2, 0) is 17.0 Å². The minimum absolute atomic E-state index is 0.0342. The molecule has 1 heterocycles. The van der Waals surface area contributed by atoms with Crippen molar-refractivity contribution in [3.8, 4) is 5.69 Å². The van der Waals surface area contributed by atoms with Gasteiger partial charge in [-0.2, -0.15) is 0 Å².